The van der Waals surface area contributed by atoms with Crippen LogP contribution in [0.4, 0.5) is 14.9 Å². The van der Waals surface area contributed by atoms with E-state index in [0.717, 1.165) is 45.6 Å². The van der Waals surface area contributed by atoms with Crippen LogP contribution in [0.25, 0.3) is 0 Å². The maximum absolute atomic E-state index is 14.0. The van der Waals surface area contributed by atoms with Crippen molar-refractivity contribution in [2.45, 2.75) is 25.3 Å². The van der Waals surface area contributed by atoms with Crippen LogP contribution >= 0.6 is 0 Å². The molecule has 0 radical (unpaired) electrons. The molecule has 2 heterocycles. The highest BCUT2D eigenvalue weighted by molar-refractivity contribution is 5.74. The third-order valence-corrected chi connectivity index (χ3v) is 4.84. The SMILES string of the molecule is CN(C[C@@H]1CCOC1)C(=O)N[C@@H]1CCCN(c2ccccc2F)C1. The highest BCUT2D eigenvalue weighted by Crippen LogP contribution is 2.23. The van der Waals surface area contributed by atoms with Crippen molar-refractivity contribution in [1.82, 2.24) is 10.2 Å². The number of anilines is 1. The van der Waals surface area contributed by atoms with E-state index in [1.54, 1.807) is 17.0 Å². The Morgan fingerprint density at radius 3 is 3.00 bits per heavy atom. The largest absolute Gasteiger partial charge is 0.381 e. The molecule has 2 aliphatic heterocycles. The van der Waals surface area contributed by atoms with Crippen LogP contribution in [-0.4, -0.2) is 56.9 Å². The molecule has 0 spiro atoms. The molecular weight excluding hydrogens is 309 g/mol. The lowest BCUT2D eigenvalue weighted by molar-refractivity contribution is 0.170. The third-order valence-electron chi connectivity index (χ3n) is 4.84. The van der Waals surface area contributed by atoms with Crippen LogP contribution in [-0.2, 0) is 4.74 Å². The Morgan fingerprint density at radius 2 is 2.25 bits per heavy atom. The van der Waals surface area contributed by atoms with Gasteiger partial charge < -0.3 is 19.9 Å². The molecule has 132 valence electrons. The molecule has 2 amide bonds. The first-order valence-electron chi connectivity index (χ1n) is 8.72. The minimum absolute atomic E-state index is 0.0492. The van der Waals surface area contributed by atoms with Gasteiger partial charge in [0.2, 0.25) is 0 Å². The van der Waals surface area contributed by atoms with E-state index < -0.39 is 0 Å². The number of hydrogen-bond acceptors (Lipinski definition) is 3. The van der Waals surface area contributed by atoms with Gasteiger partial charge in [-0.3, -0.25) is 0 Å². The van der Waals surface area contributed by atoms with Gasteiger partial charge in [0.05, 0.1) is 12.3 Å². The summed E-state index contributed by atoms with van der Waals surface area (Å²) in [5.41, 5.74) is 0.618. The van der Waals surface area contributed by atoms with E-state index in [1.165, 1.54) is 6.07 Å². The lowest BCUT2D eigenvalue weighted by Crippen LogP contribution is -2.51. The van der Waals surface area contributed by atoms with E-state index in [0.29, 0.717) is 18.2 Å². The lowest BCUT2D eigenvalue weighted by Gasteiger charge is -2.35. The highest BCUT2D eigenvalue weighted by Gasteiger charge is 2.25. The fourth-order valence-electron chi connectivity index (χ4n) is 3.50. The first kappa shape index (κ1) is 17.0. The number of benzene rings is 1. The minimum Gasteiger partial charge on any atom is -0.381 e. The van der Waals surface area contributed by atoms with Gasteiger partial charge in [0.1, 0.15) is 5.82 Å². The number of carbonyl (C=O) groups excluding carboxylic acids is 1. The highest BCUT2D eigenvalue weighted by atomic mass is 19.1. The van der Waals surface area contributed by atoms with Crippen LogP contribution in [0.15, 0.2) is 24.3 Å². The number of para-hydroxylation sites is 1. The summed E-state index contributed by atoms with van der Waals surface area (Å²) in [4.78, 5) is 16.2. The fraction of sp³-hybridized carbons (Fsp3) is 0.611. The zero-order chi connectivity index (χ0) is 16.9. The second kappa shape index (κ2) is 7.83. The van der Waals surface area contributed by atoms with Gasteiger partial charge >= 0.3 is 6.03 Å². The molecule has 2 atom stereocenters. The molecule has 24 heavy (non-hydrogen) atoms. The molecule has 0 bridgehead atoms. The van der Waals surface area contributed by atoms with Crippen molar-refractivity contribution in [3.63, 3.8) is 0 Å². The summed E-state index contributed by atoms with van der Waals surface area (Å²) in [6, 6.07) is 6.82. The topological polar surface area (TPSA) is 44.8 Å². The Kier molecular flexibility index (Phi) is 5.56. The van der Waals surface area contributed by atoms with Crippen LogP contribution in [0.2, 0.25) is 0 Å². The number of piperidine rings is 1. The Morgan fingerprint density at radius 1 is 1.42 bits per heavy atom. The summed E-state index contributed by atoms with van der Waals surface area (Å²) in [5.74, 6) is 0.227. The number of halogens is 1. The van der Waals surface area contributed by atoms with Gasteiger partial charge in [-0.05, 0) is 31.4 Å². The first-order chi connectivity index (χ1) is 11.6. The van der Waals surface area contributed by atoms with E-state index in [-0.39, 0.29) is 17.9 Å². The smallest absolute Gasteiger partial charge is 0.317 e. The molecule has 3 rings (SSSR count). The van der Waals surface area contributed by atoms with Crippen molar-refractivity contribution in [2.75, 3.05) is 44.8 Å². The second-order valence-electron chi connectivity index (χ2n) is 6.80. The number of hydrogen-bond donors (Lipinski definition) is 1. The van der Waals surface area contributed by atoms with E-state index in [9.17, 15) is 9.18 Å². The maximum atomic E-state index is 14.0. The zero-order valence-corrected chi connectivity index (χ0v) is 14.2. The summed E-state index contributed by atoms with van der Waals surface area (Å²) in [6.45, 7) is 3.72. The Labute approximate surface area is 142 Å². The molecule has 0 unspecified atom stereocenters. The van der Waals surface area contributed by atoms with Gasteiger partial charge in [-0.1, -0.05) is 12.1 Å². The number of carbonyl (C=O) groups is 1. The van der Waals surface area contributed by atoms with E-state index in [4.69, 9.17) is 4.74 Å². The van der Waals surface area contributed by atoms with Gasteiger partial charge in [-0.15, -0.1) is 0 Å². The molecule has 2 aliphatic rings. The van der Waals surface area contributed by atoms with E-state index in [2.05, 4.69) is 5.32 Å². The minimum atomic E-state index is -0.206. The Bertz CT molecular complexity index is 563. The van der Waals surface area contributed by atoms with Crippen molar-refractivity contribution in [3.8, 4) is 0 Å². The standard InChI is InChI=1S/C18H26FN3O2/c1-21(11-14-8-10-24-13-14)18(23)20-15-5-4-9-22(12-15)17-7-3-2-6-16(17)19/h2-3,6-7,14-15H,4-5,8-13H2,1H3,(H,20,23)/t14-,15+/m0/s1. The average Bonchev–Trinajstić information content (AvgIpc) is 3.08. The fourth-order valence-corrected chi connectivity index (χ4v) is 3.50. The quantitative estimate of drug-likeness (QED) is 0.919. The number of nitrogens with zero attached hydrogens (tertiary/aromatic N) is 2. The van der Waals surface area contributed by atoms with Gasteiger partial charge in [0, 0.05) is 45.2 Å². The molecule has 6 heteroatoms. The Balaban J connectivity index is 1.53. The summed E-state index contributed by atoms with van der Waals surface area (Å²) in [7, 11) is 1.82. The third kappa shape index (κ3) is 4.17. The molecule has 5 nitrogen and oxygen atoms in total. The number of ether oxygens (including phenoxy) is 1. The van der Waals surface area contributed by atoms with Gasteiger partial charge in [0.15, 0.2) is 0 Å². The molecular formula is C18H26FN3O2. The number of urea groups is 1. The summed E-state index contributed by atoms with van der Waals surface area (Å²) in [5, 5.41) is 3.09. The maximum Gasteiger partial charge on any atom is 0.317 e. The van der Waals surface area contributed by atoms with Crippen LogP contribution in [0.1, 0.15) is 19.3 Å². The van der Waals surface area contributed by atoms with Crippen molar-refractivity contribution in [3.05, 3.63) is 30.1 Å². The molecule has 0 aliphatic carbocycles. The monoisotopic (exact) mass is 335 g/mol. The number of nitrogens with one attached hydrogen (secondary N) is 1. The van der Waals surface area contributed by atoms with Gasteiger partial charge in [0.25, 0.3) is 0 Å². The summed E-state index contributed by atoms with van der Waals surface area (Å²) >= 11 is 0. The number of rotatable bonds is 4. The van der Waals surface area contributed by atoms with E-state index in [1.807, 2.05) is 18.0 Å². The molecule has 2 saturated heterocycles. The van der Waals surface area contributed by atoms with E-state index >= 15 is 0 Å². The zero-order valence-electron chi connectivity index (χ0n) is 14.2. The van der Waals surface area contributed by atoms with Crippen molar-refractivity contribution >= 4 is 11.7 Å². The molecule has 0 saturated carbocycles. The van der Waals surface area contributed by atoms with Crippen LogP contribution < -0.4 is 10.2 Å². The van der Waals surface area contributed by atoms with Gasteiger partial charge in [-0.25, -0.2) is 9.18 Å². The second-order valence-corrected chi connectivity index (χ2v) is 6.80. The normalized spacial score (nSPS) is 24.0. The molecule has 1 N–H and O–H groups in total. The van der Waals surface area contributed by atoms with Gasteiger partial charge in [-0.2, -0.15) is 0 Å². The van der Waals surface area contributed by atoms with Crippen LogP contribution in [0, 0.1) is 11.7 Å². The number of amides is 2. The molecule has 2 fully saturated rings. The first-order valence-corrected chi connectivity index (χ1v) is 8.72. The summed E-state index contributed by atoms with van der Waals surface area (Å²) in [6.07, 6.45) is 2.89. The van der Waals surface area contributed by atoms with Crippen molar-refractivity contribution in [1.29, 1.82) is 0 Å². The summed E-state index contributed by atoms with van der Waals surface area (Å²) < 4.78 is 19.3. The molecule has 1 aromatic carbocycles. The lowest BCUT2D eigenvalue weighted by atomic mass is 10.0. The van der Waals surface area contributed by atoms with Crippen molar-refractivity contribution in [2.24, 2.45) is 5.92 Å². The average molecular weight is 335 g/mol. The van der Waals surface area contributed by atoms with Crippen molar-refractivity contribution < 1.29 is 13.9 Å². The predicted molar refractivity (Wildman–Crippen MR) is 91.7 cm³/mol. The predicted octanol–water partition coefficient (Wildman–Crippen LogP) is 2.47. The molecule has 0 aromatic heterocycles. The molecule has 1 aromatic rings. The van der Waals surface area contributed by atoms with Crippen LogP contribution in [0.3, 0.4) is 0 Å². The van der Waals surface area contributed by atoms with Crippen LogP contribution in [0.5, 0.6) is 0 Å². The Hall–Kier alpha value is -1.82.